The topological polar surface area (TPSA) is 98.7 Å². The van der Waals surface area contributed by atoms with E-state index in [9.17, 15) is 13.2 Å². The van der Waals surface area contributed by atoms with Crippen LogP contribution in [0.5, 0.6) is 0 Å². The number of hydrogen-bond acceptors (Lipinski definition) is 7. The van der Waals surface area contributed by atoms with Gasteiger partial charge in [-0.05, 0) is 56.7 Å². The van der Waals surface area contributed by atoms with Gasteiger partial charge in [0.2, 0.25) is 15.9 Å². The first-order valence-corrected chi connectivity index (χ1v) is 11.9. The van der Waals surface area contributed by atoms with Crippen molar-refractivity contribution in [3.8, 4) is 0 Å². The molecule has 3 rings (SSSR count). The molecule has 0 radical (unpaired) electrons. The molecule has 1 aromatic carbocycles. The lowest BCUT2D eigenvalue weighted by molar-refractivity contribution is -0.114. The molecule has 0 saturated carbocycles. The van der Waals surface area contributed by atoms with Gasteiger partial charge < -0.3 is 15.1 Å². The average Bonchev–Trinajstić information content (AvgIpc) is 2.74. The third-order valence-corrected chi connectivity index (χ3v) is 7.46. The Balaban J connectivity index is 1.68. The van der Waals surface area contributed by atoms with E-state index >= 15 is 0 Å². The number of carbonyl (C=O) groups is 1. The summed E-state index contributed by atoms with van der Waals surface area (Å²) in [4.78, 5) is 15.7. The van der Waals surface area contributed by atoms with Crippen molar-refractivity contribution in [2.24, 2.45) is 0 Å². The highest BCUT2D eigenvalue weighted by molar-refractivity contribution is 7.89. The van der Waals surface area contributed by atoms with Crippen LogP contribution in [0.4, 0.5) is 17.3 Å². The Labute approximate surface area is 184 Å². The minimum absolute atomic E-state index is 0.195. The number of nitrogens with one attached hydrogen (secondary N) is 1. The summed E-state index contributed by atoms with van der Waals surface area (Å²) in [7, 11) is -3.62. The summed E-state index contributed by atoms with van der Waals surface area (Å²) in [6.07, 6.45) is 0. The van der Waals surface area contributed by atoms with Crippen molar-refractivity contribution < 1.29 is 13.2 Å². The first-order valence-electron chi connectivity index (χ1n) is 10.5. The molecule has 1 amide bonds. The molecule has 1 aromatic heterocycles. The van der Waals surface area contributed by atoms with Crippen molar-refractivity contribution in [1.29, 1.82) is 0 Å². The largest absolute Gasteiger partial charge is 0.356 e. The van der Waals surface area contributed by atoms with E-state index in [1.807, 2.05) is 12.1 Å². The van der Waals surface area contributed by atoms with Crippen molar-refractivity contribution in [3.05, 3.63) is 35.9 Å². The van der Waals surface area contributed by atoms with Gasteiger partial charge in [0.1, 0.15) is 0 Å². The summed E-state index contributed by atoms with van der Waals surface area (Å²) in [6.45, 7) is 10.9. The van der Waals surface area contributed by atoms with Gasteiger partial charge in [-0.1, -0.05) is 0 Å². The highest BCUT2D eigenvalue weighted by atomic mass is 32.2. The molecule has 9 nitrogen and oxygen atoms in total. The van der Waals surface area contributed by atoms with Crippen LogP contribution in [0.15, 0.2) is 35.2 Å². The van der Waals surface area contributed by atoms with Gasteiger partial charge in [0.05, 0.1) is 4.90 Å². The molecular weight excluding hydrogens is 416 g/mol. The first-order chi connectivity index (χ1) is 14.8. The molecule has 1 N–H and O–H groups in total. The summed E-state index contributed by atoms with van der Waals surface area (Å²) in [5.74, 6) is 1.40. The van der Waals surface area contributed by atoms with Gasteiger partial charge in [0, 0.05) is 51.9 Å². The van der Waals surface area contributed by atoms with Crippen LogP contribution in [-0.4, -0.2) is 68.1 Å². The SMILES string of the molecule is CCN(CC)c1ccc(N2CCN(S(=O)(=O)c3ccc(NC(C)=O)cc3C)CC2)nn1. The molecule has 1 aliphatic heterocycles. The van der Waals surface area contributed by atoms with Crippen LogP contribution >= 0.6 is 0 Å². The third-order valence-electron chi connectivity index (χ3n) is 5.40. The molecule has 0 unspecified atom stereocenters. The number of piperazine rings is 1. The Bertz CT molecular complexity index is 1010. The quantitative estimate of drug-likeness (QED) is 0.695. The Morgan fingerprint density at radius 3 is 2.26 bits per heavy atom. The molecule has 1 saturated heterocycles. The molecule has 1 fully saturated rings. The molecular formula is C21H30N6O3S. The first kappa shape index (κ1) is 23.0. The molecule has 168 valence electrons. The molecule has 31 heavy (non-hydrogen) atoms. The number of aromatic nitrogens is 2. The number of sulfonamides is 1. The van der Waals surface area contributed by atoms with Crippen molar-refractivity contribution in [2.75, 3.05) is 54.4 Å². The fraction of sp³-hybridized carbons (Fsp3) is 0.476. The average molecular weight is 447 g/mol. The van der Waals surface area contributed by atoms with Crippen molar-refractivity contribution in [2.45, 2.75) is 32.6 Å². The Morgan fingerprint density at radius 1 is 1.06 bits per heavy atom. The highest BCUT2D eigenvalue weighted by Crippen LogP contribution is 2.25. The minimum atomic E-state index is -3.62. The standard InChI is InChI=1S/C21H30N6O3S/c1-5-25(6-2)20-9-10-21(24-23-20)26-11-13-27(14-12-26)31(29,30)19-8-7-18(15-16(19)3)22-17(4)28/h7-10,15H,5-6,11-14H2,1-4H3,(H,22,28). The Hall–Kier alpha value is -2.72. The second kappa shape index (κ2) is 9.61. The van der Waals surface area contributed by atoms with Crippen LogP contribution < -0.4 is 15.1 Å². The van der Waals surface area contributed by atoms with Crippen LogP contribution in [0.2, 0.25) is 0 Å². The number of aryl methyl sites for hydroxylation is 1. The molecule has 2 heterocycles. The van der Waals surface area contributed by atoms with Gasteiger partial charge in [-0.3, -0.25) is 4.79 Å². The fourth-order valence-electron chi connectivity index (χ4n) is 3.72. The van der Waals surface area contributed by atoms with Crippen molar-refractivity contribution >= 4 is 33.3 Å². The van der Waals surface area contributed by atoms with Gasteiger partial charge in [-0.15, -0.1) is 10.2 Å². The zero-order valence-electron chi connectivity index (χ0n) is 18.5. The molecule has 10 heteroatoms. The highest BCUT2D eigenvalue weighted by Gasteiger charge is 2.30. The summed E-state index contributed by atoms with van der Waals surface area (Å²) in [5, 5.41) is 11.3. The molecule has 0 spiro atoms. The second-order valence-electron chi connectivity index (χ2n) is 7.47. The van der Waals surface area contributed by atoms with Crippen LogP contribution in [-0.2, 0) is 14.8 Å². The molecule has 0 atom stereocenters. The molecule has 0 bridgehead atoms. The van der Waals surface area contributed by atoms with Crippen LogP contribution in [0.25, 0.3) is 0 Å². The van der Waals surface area contributed by atoms with Gasteiger partial charge in [-0.2, -0.15) is 4.31 Å². The van der Waals surface area contributed by atoms with E-state index in [1.165, 1.54) is 11.2 Å². The van der Waals surface area contributed by atoms with Crippen LogP contribution in [0.1, 0.15) is 26.3 Å². The molecule has 0 aliphatic carbocycles. The summed E-state index contributed by atoms with van der Waals surface area (Å²) in [5.41, 5.74) is 1.19. The van der Waals surface area contributed by atoms with Crippen LogP contribution in [0.3, 0.4) is 0 Å². The maximum absolute atomic E-state index is 13.2. The lowest BCUT2D eigenvalue weighted by atomic mass is 10.2. The van der Waals surface area contributed by atoms with Crippen molar-refractivity contribution in [3.63, 3.8) is 0 Å². The zero-order valence-corrected chi connectivity index (χ0v) is 19.3. The van der Waals surface area contributed by atoms with Gasteiger partial charge in [0.25, 0.3) is 0 Å². The Kier molecular flexibility index (Phi) is 7.11. The predicted octanol–water partition coefficient (Wildman–Crippen LogP) is 2.10. The fourth-order valence-corrected chi connectivity index (χ4v) is 5.35. The summed E-state index contributed by atoms with van der Waals surface area (Å²) in [6, 6.07) is 8.75. The number of hydrogen-bond donors (Lipinski definition) is 1. The maximum atomic E-state index is 13.2. The van der Waals surface area contributed by atoms with E-state index in [-0.39, 0.29) is 10.8 Å². The van der Waals surface area contributed by atoms with E-state index in [4.69, 9.17) is 0 Å². The van der Waals surface area contributed by atoms with Gasteiger partial charge in [-0.25, -0.2) is 8.42 Å². The Morgan fingerprint density at radius 2 is 1.74 bits per heavy atom. The maximum Gasteiger partial charge on any atom is 0.243 e. The monoisotopic (exact) mass is 446 g/mol. The number of carbonyl (C=O) groups excluding carboxylic acids is 1. The van der Waals surface area contributed by atoms with E-state index in [1.54, 1.807) is 25.1 Å². The smallest absolute Gasteiger partial charge is 0.243 e. The number of amides is 1. The lowest BCUT2D eigenvalue weighted by Gasteiger charge is -2.34. The minimum Gasteiger partial charge on any atom is -0.356 e. The van der Waals surface area contributed by atoms with Gasteiger partial charge >= 0.3 is 0 Å². The number of anilines is 3. The number of rotatable bonds is 7. The molecule has 2 aromatic rings. The predicted molar refractivity (Wildman–Crippen MR) is 122 cm³/mol. The summed E-state index contributed by atoms with van der Waals surface area (Å²) < 4.78 is 27.8. The van der Waals surface area contributed by atoms with Gasteiger partial charge in [0.15, 0.2) is 11.6 Å². The van der Waals surface area contributed by atoms with E-state index in [2.05, 4.69) is 39.2 Å². The van der Waals surface area contributed by atoms with E-state index < -0.39 is 10.0 Å². The summed E-state index contributed by atoms with van der Waals surface area (Å²) >= 11 is 0. The third kappa shape index (κ3) is 5.13. The zero-order chi connectivity index (χ0) is 22.6. The van der Waals surface area contributed by atoms with E-state index in [0.29, 0.717) is 37.4 Å². The number of nitrogens with zero attached hydrogens (tertiary/aromatic N) is 5. The van der Waals surface area contributed by atoms with Crippen LogP contribution in [0, 0.1) is 6.92 Å². The van der Waals surface area contributed by atoms with E-state index in [0.717, 1.165) is 24.7 Å². The number of benzene rings is 1. The lowest BCUT2D eigenvalue weighted by Crippen LogP contribution is -2.49. The normalized spacial score (nSPS) is 15.0. The van der Waals surface area contributed by atoms with Crippen molar-refractivity contribution in [1.82, 2.24) is 14.5 Å². The second-order valence-corrected chi connectivity index (χ2v) is 9.38. The molecule has 1 aliphatic rings.